The third kappa shape index (κ3) is 1.66. The molecule has 0 aromatic carbocycles. The second kappa shape index (κ2) is 3.86. The molecular weight excluding hydrogens is 196 g/mol. The molecule has 1 atom stereocenters. The van der Waals surface area contributed by atoms with Gasteiger partial charge in [-0.05, 0) is 23.9 Å². The van der Waals surface area contributed by atoms with E-state index in [4.69, 9.17) is 0 Å². The van der Waals surface area contributed by atoms with Gasteiger partial charge in [0, 0.05) is 22.8 Å². The van der Waals surface area contributed by atoms with Crippen LogP contribution in [0, 0.1) is 6.92 Å². The van der Waals surface area contributed by atoms with Crippen molar-refractivity contribution in [3.05, 3.63) is 46.2 Å². The van der Waals surface area contributed by atoms with Gasteiger partial charge in [-0.3, -0.25) is 0 Å². The summed E-state index contributed by atoms with van der Waals surface area (Å²) in [6.45, 7) is 1.98. The molecule has 0 aliphatic heterocycles. The first-order valence-corrected chi connectivity index (χ1v) is 5.14. The van der Waals surface area contributed by atoms with Crippen LogP contribution in [0.4, 0.5) is 0 Å². The SMILES string of the molecule is Cc1ccsc1C(O)c1cncnc1. The van der Waals surface area contributed by atoms with Crippen molar-refractivity contribution >= 4 is 11.3 Å². The molecule has 2 aromatic rings. The van der Waals surface area contributed by atoms with Gasteiger partial charge in [0.05, 0.1) is 0 Å². The average Bonchev–Trinajstić information content (AvgIpc) is 2.65. The maximum Gasteiger partial charge on any atom is 0.116 e. The first kappa shape index (κ1) is 9.30. The molecule has 0 bridgehead atoms. The Morgan fingerprint density at radius 2 is 2.07 bits per heavy atom. The van der Waals surface area contributed by atoms with Crippen LogP contribution in [0.5, 0.6) is 0 Å². The quantitative estimate of drug-likeness (QED) is 0.816. The minimum atomic E-state index is -0.601. The summed E-state index contributed by atoms with van der Waals surface area (Å²) in [5, 5.41) is 12.0. The van der Waals surface area contributed by atoms with Crippen LogP contribution >= 0.6 is 11.3 Å². The second-order valence-electron chi connectivity index (χ2n) is 3.04. The highest BCUT2D eigenvalue weighted by Gasteiger charge is 2.14. The van der Waals surface area contributed by atoms with E-state index >= 15 is 0 Å². The summed E-state index contributed by atoms with van der Waals surface area (Å²) in [5.74, 6) is 0. The minimum Gasteiger partial charge on any atom is -0.383 e. The average molecular weight is 206 g/mol. The molecule has 4 heteroatoms. The van der Waals surface area contributed by atoms with Gasteiger partial charge in [-0.25, -0.2) is 9.97 Å². The van der Waals surface area contributed by atoms with Crippen LogP contribution in [-0.2, 0) is 0 Å². The summed E-state index contributed by atoms with van der Waals surface area (Å²) < 4.78 is 0. The molecule has 0 saturated heterocycles. The Kier molecular flexibility index (Phi) is 2.56. The summed E-state index contributed by atoms with van der Waals surface area (Å²) >= 11 is 1.55. The van der Waals surface area contributed by atoms with Crippen LogP contribution in [0.15, 0.2) is 30.2 Å². The first-order valence-electron chi connectivity index (χ1n) is 4.26. The fourth-order valence-electron chi connectivity index (χ4n) is 1.27. The topological polar surface area (TPSA) is 46.0 Å². The maximum atomic E-state index is 9.99. The van der Waals surface area contributed by atoms with E-state index in [0.717, 1.165) is 16.0 Å². The van der Waals surface area contributed by atoms with E-state index in [1.54, 1.807) is 23.7 Å². The summed E-state index contributed by atoms with van der Waals surface area (Å²) in [6.07, 6.45) is 4.13. The highest BCUT2D eigenvalue weighted by molar-refractivity contribution is 7.10. The molecule has 2 heterocycles. The number of aliphatic hydroxyl groups excluding tert-OH is 1. The molecule has 0 saturated carbocycles. The first-order chi connectivity index (χ1) is 6.79. The molecule has 0 radical (unpaired) electrons. The van der Waals surface area contributed by atoms with Crippen molar-refractivity contribution in [2.45, 2.75) is 13.0 Å². The number of thiophene rings is 1. The van der Waals surface area contributed by atoms with Gasteiger partial charge in [0.25, 0.3) is 0 Å². The number of hydrogen-bond acceptors (Lipinski definition) is 4. The maximum absolute atomic E-state index is 9.99. The molecule has 0 aliphatic rings. The number of aliphatic hydroxyl groups is 1. The Hall–Kier alpha value is -1.26. The molecule has 3 nitrogen and oxygen atoms in total. The predicted octanol–water partition coefficient (Wildman–Crippen LogP) is 1.93. The number of aryl methyl sites for hydroxylation is 1. The summed E-state index contributed by atoms with van der Waals surface area (Å²) in [5.41, 5.74) is 1.84. The molecule has 2 rings (SSSR count). The fourth-order valence-corrected chi connectivity index (χ4v) is 2.21. The van der Waals surface area contributed by atoms with Crippen molar-refractivity contribution in [3.8, 4) is 0 Å². The van der Waals surface area contributed by atoms with Gasteiger partial charge in [-0.2, -0.15) is 0 Å². The van der Waals surface area contributed by atoms with Crippen molar-refractivity contribution in [1.29, 1.82) is 0 Å². The molecular formula is C10H10N2OS. The second-order valence-corrected chi connectivity index (χ2v) is 3.99. The molecule has 0 fully saturated rings. The third-order valence-electron chi connectivity index (χ3n) is 2.05. The van der Waals surface area contributed by atoms with Gasteiger partial charge in [-0.1, -0.05) is 0 Å². The van der Waals surface area contributed by atoms with E-state index in [9.17, 15) is 5.11 Å². The molecule has 0 spiro atoms. The molecule has 1 N–H and O–H groups in total. The zero-order valence-electron chi connectivity index (χ0n) is 7.71. The van der Waals surface area contributed by atoms with Gasteiger partial charge < -0.3 is 5.11 Å². The molecule has 2 aromatic heterocycles. The zero-order chi connectivity index (χ0) is 9.97. The summed E-state index contributed by atoms with van der Waals surface area (Å²) in [6, 6.07) is 1.99. The standard InChI is InChI=1S/C10H10N2OS/c1-7-2-3-14-10(7)9(13)8-4-11-6-12-5-8/h2-6,9,13H,1H3. The van der Waals surface area contributed by atoms with Gasteiger partial charge in [0.15, 0.2) is 0 Å². The van der Waals surface area contributed by atoms with Gasteiger partial charge >= 0.3 is 0 Å². The van der Waals surface area contributed by atoms with Crippen LogP contribution in [0.25, 0.3) is 0 Å². The number of hydrogen-bond donors (Lipinski definition) is 1. The molecule has 0 aliphatic carbocycles. The van der Waals surface area contributed by atoms with Gasteiger partial charge in [0.1, 0.15) is 12.4 Å². The van der Waals surface area contributed by atoms with Crippen LogP contribution < -0.4 is 0 Å². The normalized spacial score (nSPS) is 12.7. The smallest absolute Gasteiger partial charge is 0.116 e. The van der Waals surface area contributed by atoms with Crippen LogP contribution in [0.2, 0.25) is 0 Å². The largest absolute Gasteiger partial charge is 0.383 e. The zero-order valence-corrected chi connectivity index (χ0v) is 8.53. The number of aromatic nitrogens is 2. The molecule has 72 valence electrons. The third-order valence-corrected chi connectivity index (χ3v) is 3.12. The van der Waals surface area contributed by atoms with E-state index in [1.807, 2.05) is 18.4 Å². The Balaban J connectivity index is 2.34. The highest BCUT2D eigenvalue weighted by Crippen LogP contribution is 2.28. The Morgan fingerprint density at radius 3 is 2.64 bits per heavy atom. The van der Waals surface area contributed by atoms with Gasteiger partial charge in [0.2, 0.25) is 0 Å². The van der Waals surface area contributed by atoms with E-state index in [2.05, 4.69) is 9.97 Å². The highest BCUT2D eigenvalue weighted by atomic mass is 32.1. The predicted molar refractivity (Wildman–Crippen MR) is 55.1 cm³/mol. The van der Waals surface area contributed by atoms with E-state index in [-0.39, 0.29) is 0 Å². The lowest BCUT2D eigenvalue weighted by Gasteiger charge is -2.08. The van der Waals surface area contributed by atoms with Crippen molar-refractivity contribution in [1.82, 2.24) is 9.97 Å². The lowest BCUT2D eigenvalue weighted by Crippen LogP contribution is -1.99. The lowest BCUT2D eigenvalue weighted by molar-refractivity contribution is 0.222. The van der Waals surface area contributed by atoms with Gasteiger partial charge in [-0.15, -0.1) is 11.3 Å². The van der Waals surface area contributed by atoms with E-state index in [0.29, 0.717) is 0 Å². The Bertz CT molecular complexity index is 413. The Labute approximate surface area is 86.1 Å². The minimum absolute atomic E-state index is 0.601. The fraction of sp³-hybridized carbons (Fsp3) is 0.200. The number of nitrogens with zero attached hydrogens (tertiary/aromatic N) is 2. The summed E-state index contributed by atoms with van der Waals surface area (Å²) in [4.78, 5) is 8.72. The van der Waals surface area contributed by atoms with Crippen molar-refractivity contribution in [3.63, 3.8) is 0 Å². The van der Waals surface area contributed by atoms with Crippen LogP contribution in [-0.4, -0.2) is 15.1 Å². The van der Waals surface area contributed by atoms with Crippen LogP contribution in [0.3, 0.4) is 0 Å². The molecule has 0 amide bonds. The van der Waals surface area contributed by atoms with E-state index in [1.165, 1.54) is 6.33 Å². The van der Waals surface area contributed by atoms with Crippen molar-refractivity contribution in [2.75, 3.05) is 0 Å². The molecule has 1 unspecified atom stereocenters. The van der Waals surface area contributed by atoms with Crippen LogP contribution in [0.1, 0.15) is 22.1 Å². The summed E-state index contributed by atoms with van der Waals surface area (Å²) in [7, 11) is 0. The van der Waals surface area contributed by atoms with Crippen molar-refractivity contribution in [2.24, 2.45) is 0 Å². The molecule has 14 heavy (non-hydrogen) atoms. The monoisotopic (exact) mass is 206 g/mol. The van der Waals surface area contributed by atoms with Crippen molar-refractivity contribution < 1.29 is 5.11 Å². The number of rotatable bonds is 2. The lowest BCUT2D eigenvalue weighted by atomic mass is 10.1. The Morgan fingerprint density at radius 1 is 1.36 bits per heavy atom. The van der Waals surface area contributed by atoms with E-state index < -0.39 is 6.10 Å².